The quantitative estimate of drug-likeness (QED) is 0.845. The lowest BCUT2D eigenvalue weighted by molar-refractivity contribution is 0.191. The molecular weight excluding hydrogens is 270 g/mol. The molecule has 0 amide bonds. The van der Waals surface area contributed by atoms with Gasteiger partial charge < -0.3 is 5.11 Å². The Balaban J connectivity index is 1.92. The first-order valence-corrected chi connectivity index (χ1v) is 7.27. The lowest BCUT2D eigenvalue weighted by Gasteiger charge is -2.21. The molecule has 106 valence electrons. The minimum atomic E-state index is 0.183. The van der Waals surface area contributed by atoms with E-state index in [1.807, 2.05) is 36.4 Å². The molecule has 2 nitrogen and oxygen atoms in total. The second kappa shape index (κ2) is 8.05. The molecule has 0 saturated heterocycles. The molecule has 0 spiro atoms. The Bertz CT molecular complexity index is 515. The second-order valence-electron chi connectivity index (χ2n) is 4.87. The molecule has 0 saturated carbocycles. The molecule has 0 radical (unpaired) electrons. The van der Waals surface area contributed by atoms with Crippen molar-refractivity contribution in [2.45, 2.75) is 13.0 Å². The predicted octanol–water partition coefficient (Wildman–Crippen LogP) is 3.38. The molecular formula is C17H20ClNO. The number of hydrogen-bond donors (Lipinski definition) is 1. The van der Waals surface area contributed by atoms with Crippen molar-refractivity contribution in [3.63, 3.8) is 0 Å². The molecule has 20 heavy (non-hydrogen) atoms. The minimum Gasteiger partial charge on any atom is -0.395 e. The van der Waals surface area contributed by atoms with Crippen molar-refractivity contribution in [3.8, 4) is 0 Å². The van der Waals surface area contributed by atoms with E-state index in [1.165, 1.54) is 11.1 Å². The van der Waals surface area contributed by atoms with Gasteiger partial charge in [0.15, 0.2) is 0 Å². The number of aliphatic hydroxyl groups is 1. The van der Waals surface area contributed by atoms with Crippen LogP contribution in [-0.4, -0.2) is 29.7 Å². The normalized spacial score (nSPS) is 10.9. The smallest absolute Gasteiger partial charge is 0.0558 e. The van der Waals surface area contributed by atoms with E-state index >= 15 is 0 Å². The van der Waals surface area contributed by atoms with Gasteiger partial charge in [-0.3, -0.25) is 4.90 Å². The highest BCUT2D eigenvalue weighted by atomic mass is 35.5. The van der Waals surface area contributed by atoms with Crippen LogP contribution in [0.5, 0.6) is 0 Å². The van der Waals surface area contributed by atoms with E-state index in [1.54, 1.807) is 0 Å². The molecule has 0 unspecified atom stereocenters. The highest BCUT2D eigenvalue weighted by molar-refractivity contribution is 6.30. The Kier molecular flexibility index (Phi) is 6.06. The topological polar surface area (TPSA) is 23.5 Å². The van der Waals surface area contributed by atoms with Crippen molar-refractivity contribution in [2.75, 3.05) is 19.7 Å². The van der Waals surface area contributed by atoms with Crippen LogP contribution >= 0.6 is 11.6 Å². The van der Waals surface area contributed by atoms with Crippen molar-refractivity contribution in [3.05, 3.63) is 70.7 Å². The Hall–Kier alpha value is -1.35. The first kappa shape index (κ1) is 15.0. The van der Waals surface area contributed by atoms with Crippen LogP contribution in [0.4, 0.5) is 0 Å². The first-order chi connectivity index (χ1) is 9.78. The van der Waals surface area contributed by atoms with Gasteiger partial charge in [-0.1, -0.05) is 54.1 Å². The molecule has 3 heteroatoms. The molecule has 2 rings (SSSR count). The van der Waals surface area contributed by atoms with Gasteiger partial charge in [0, 0.05) is 24.7 Å². The number of rotatable bonds is 7. The van der Waals surface area contributed by atoms with Crippen molar-refractivity contribution >= 4 is 11.6 Å². The number of aliphatic hydroxyl groups excluding tert-OH is 1. The third-order valence-electron chi connectivity index (χ3n) is 3.27. The lowest BCUT2D eigenvalue weighted by atomic mass is 10.1. The van der Waals surface area contributed by atoms with Gasteiger partial charge >= 0.3 is 0 Å². The van der Waals surface area contributed by atoms with Gasteiger partial charge in [-0.2, -0.15) is 0 Å². The van der Waals surface area contributed by atoms with Crippen molar-refractivity contribution in [1.82, 2.24) is 4.90 Å². The van der Waals surface area contributed by atoms with Crippen molar-refractivity contribution in [1.29, 1.82) is 0 Å². The molecule has 0 bridgehead atoms. The highest BCUT2D eigenvalue weighted by Crippen LogP contribution is 2.12. The zero-order chi connectivity index (χ0) is 14.2. The van der Waals surface area contributed by atoms with Crippen LogP contribution < -0.4 is 0 Å². The number of halogens is 1. The molecule has 0 fully saturated rings. The van der Waals surface area contributed by atoms with Crippen molar-refractivity contribution < 1.29 is 5.11 Å². The molecule has 0 heterocycles. The SMILES string of the molecule is OCCN(CCc1cccc(Cl)c1)Cc1ccccc1. The van der Waals surface area contributed by atoms with E-state index in [-0.39, 0.29) is 6.61 Å². The second-order valence-corrected chi connectivity index (χ2v) is 5.30. The number of hydrogen-bond acceptors (Lipinski definition) is 2. The zero-order valence-corrected chi connectivity index (χ0v) is 12.3. The Morgan fingerprint density at radius 1 is 0.900 bits per heavy atom. The summed E-state index contributed by atoms with van der Waals surface area (Å²) >= 11 is 6.00. The van der Waals surface area contributed by atoms with Crippen LogP contribution in [0.1, 0.15) is 11.1 Å². The summed E-state index contributed by atoms with van der Waals surface area (Å²) in [7, 11) is 0. The van der Waals surface area contributed by atoms with E-state index < -0.39 is 0 Å². The van der Waals surface area contributed by atoms with Crippen molar-refractivity contribution in [2.24, 2.45) is 0 Å². The summed E-state index contributed by atoms with van der Waals surface area (Å²) in [6, 6.07) is 18.3. The summed E-state index contributed by atoms with van der Waals surface area (Å²) in [5, 5.41) is 9.97. The Morgan fingerprint density at radius 3 is 2.35 bits per heavy atom. The lowest BCUT2D eigenvalue weighted by Crippen LogP contribution is -2.28. The van der Waals surface area contributed by atoms with Gasteiger partial charge in [-0.05, 0) is 29.7 Å². The largest absolute Gasteiger partial charge is 0.395 e. The van der Waals surface area contributed by atoms with Crippen LogP contribution in [0.15, 0.2) is 54.6 Å². The molecule has 2 aromatic rings. The number of nitrogens with zero attached hydrogens (tertiary/aromatic N) is 1. The summed E-state index contributed by atoms with van der Waals surface area (Å²) in [4.78, 5) is 2.26. The van der Waals surface area contributed by atoms with Crippen LogP contribution in [0.2, 0.25) is 5.02 Å². The van der Waals surface area contributed by atoms with Crippen LogP contribution in [0.3, 0.4) is 0 Å². The average molecular weight is 290 g/mol. The van der Waals surface area contributed by atoms with E-state index in [9.17, 15) is 5.11 Å². The Morgan fingerprint density at radius 2 is 1.65 bits per heavy atom. The maximum Gasteiger partial charge on any atom is 0.0558 e. The zero-order valence-electron chi connectivity index (χ0n) is 11.5. The van der Waals surface area contributed by atoms with Gasteiger partial charge in [0.25, 0.3) is 0 Å². The van der Waals surface area contributed by atoms with Gasteiger partial charge in [0.1, 0.15) is 0 Å². The summed E-state index contributed by atoms with van der Waals surface area (Å²) in [6.45, 7) is 2.65. The monoisotopic (exact) mass is 289 g/mol. The van der Waals surface area contributed by atoms with Crippen LogP contribution in [-0.2, 0) is 13.0 Å². The van der Waals surface area contributed by atoms with Gasteiger partial charge in [0.2, 0.25) is 0 Å². The van der Waals surface area contributed by atoms with Gasteiger partial charge in [-0.25, -0.2) is 0 Å². The maximum atomic E-state index is 9.19. The molecule has 0 aromatic heterocycles. The number of benzene rings is 2. The third kappa shape index (κ3) is 4.97. The third-order valence-corrected chi connectivity index (χ3v) is 3.51. The van der Waals surface area contributed by atoms with Crippen LogP contribution in [0.25, 0.3) is 0 Å². The summed E-state index contributed by atoms with van der Waals surface area (Å²) in [6.07, 6.45) is 0.938. The fraction of sp³-hybridized carbons (Fsp3) is 0.294. The fourth-order valence-electron chi connectivity index (χ4n) is 2.23. The summed E-state index contributed by atoms with van der Waals surface area (Å²) in [5.74, 6) is 0. The minimum absolute atomic E-state index is 0.183. The highest BCUT2D eigenvalue weighted by Gasteiger charge is 2.06. The predicted molar refractivity (Wildman–Crippen MR) is 84.0 cm³/mol. The van der Waals surface area contributed by atoms with Gasteiger partial charge in [-0.15, -0.1) is 0 Å². The van der Waals surface area contributed by atoms with E-state index in [4.69, 9.17) is 11.6 Å². The standard InChI is InChI=1S/C17H20ClNO/c18-17-8-4-7-15(13-17)9-10-19(11-12-20)14-16-5-2-1-3-6-16/h1-8,13,20H,9-12,14H2. The van der Waals surface area contributed by atoms with E-state index in [0.29, 0.717) is 6.54 Å². The molecule has 0 aliphatic heterocycles. The van der Waals surface area contributed by atoms with E-state index in [0.717, 1.165) is 24.5 Å². The van der Waals surface area contributed by atoms with Crippen LogP contribution in [0, 0.1) is 0 Å². The fourth-order valence-corrected chi connectivity index (χ4v) is 2.45. The summed E-state index contributed by atoms with van der Waals surface area (Å²) < 4.78 is 0. The first-order valence-electron chi connectivity index (χ1n) is 6.89. The Labute approximate surface area is 125 Å². The maximum absolute atomic E-state index is 9.19. The molecule has 0 aliphatic rings. The summed E-state index contributed by atoms with van der Waals surface area (Å²) in [5.41, 5.74) is 2.50. The van der Waals surface area contributed by atoms with E-state index in [2.05, 4.69) is 23.1 Å². The molecule has 0 aliphatic carbocycles. The molecule has 1 N–H and O–H groups in total. The average Bonchev–Trinajstić information content (AvgIpc) is 2.46. The van der Waals surface area contributed by atoms with Gasteiger partial charge in [0.05, 0.1) is 6.61 Å². The molecule has 2 aromatic carbocycles. The molecule has 0 atom stereocenters.